The molecule has 8 heteroatoms. The minimum absolute atomic E-state index is 0.124. The number of carbonyl (C=O) groups excluding carboxylic acids is 1. The molecule has 7 nitrogen and oxygen atoms in total. The average molecular weight is 424 g/mol. The van der Waals surface area contributed by atoms with Crippen LogP contribution < -0.4 is 10.2 Å². The highest BCUT2D eigenvalue weighted by Crippen LogP contribution is 2.42. The van der Waals surface area contributed by atoms with Gasteiger partial charge in [0, 0.05) is 36.0 Å². The Morgan fingerprint density at radius 2 is 1.87 bits per heavy atom. The van der Waals surface area contributed by atoms with E-state index in [0.717, 1.165) is 43.1 Å². The van der Waals surface area contributed by atoms with E-state index in [4.69, 9.17) is 20.9 Å². The van der Waals surface area contributed by atoms with Crippen LogP contribution in [-0.4, -0.2) is 42.5 Å². The third kappa shape index (κ3) is 3.22. The van der Waals surface area contributed by atoms with Gasteiger partial charge in [0.15, 0.2) is 5.76 Å². The molecule has 0 radical (unpaired) electrons. The van der Waals surface area contributed by atoms with Crippen LogP contribution in [0.5, 0.6) is 0 Å². The summed E-state index contributed by atoms with van der Waals surface area (Å²) in [5, 5.41) is 17.4. The molecule has 2 aromatic carbocycles. The topological polar surface area (TPSA) is 87.8 Å². The van der Waals surface area contributed by atoms with Gasteiger partial charge in [0.2, 0.25) is 5.76 Å². The third-order valence-electron chi connectivity index (χ3n) is 5.31. The molecule has 0 bridgehead atoms. The van der Waals surface area contributed by atoms with E-state index in [9.17, 15) is 9.90 Å². The zero-order chi connectivity index (χ0) is 20.7. The highest BCUT2D eigenvalue weighted by atomic mass is 35.5. The summed E-state index contributed by atoms with van der Waals surface area (Å²) in [6.07, 6.45) is 1.41. The predicted molar refractivity (Wildman–Crippen MR) is 114 cm³/mol. The summed E-state index contributed by atoms with van der Waals surface area (Å²) >= 11 is 6.52. The Kier molecular flexibility index (Phi) is 4.69. The van der Waals surface area contributed by atoms with Crippen molar-refractivity contribution in [3.05, 3.63) is 65.0 Å². The lowest BCUT2D eigenvalue weighted by atomic mass is 9.98. The molecular weight excluding hydrogens is 406 g/mol. The number of morpholine rings is 1. The molecule has 0 saturated carbocycles. The predicted octanol–water partition coefficient (Wildman–Crippen LogP) is 4.21. The zero-order valence-electron chi connectivity index (χ0n) is 15.9. The number of carbonyl (C=O) groups is 1. The van der Waals surface area contributed by atoms with E-state index in [1.54, 1.807) is 12.1 Å². The second-order valence-corrected chi connectivity index (χ2v) is 7.49. The summed E-state index contributed by atoms with van der Waals surface area (Å²) in [6.45, 7) is 3.18. The van der Waals surface area contributed by atoms with E-state index in [1.165, 1.54) is 12.3 Å². The van der Waals surface area contributed by atoms with Gasteiger partial charge in [-0.25, -0.2) is 0 Å². The fraction of sp³-hybridized carbons (Fsp3) is 0.182. The molecule has 3 heterocycles. The first-order valence-electron chi connectivity index (χ1n) is 9.54. The maximum atomic E-state index is 12.5. The minimum atomic E-state index is -0.421. The third-order valence-corrected chi connectivity index (χ3v) is 5.63. The molecule has 2 N–H and O–H groups in total. The Morgan fingerprint density at radius 1 is 1.10 bits per heavy atom. The van der Waals surface area contributed by atoms with E-state index < -0.39 is 5.91 Å². The van der Waals surface area contributed by atoms with Crippen LogP contribution in [0.3, 0.4) is 0 Å². The van der Waals surface area contributed by atoms with Crippen molar-refractivity contribution in [2.75, 3.05) is 36.5 Å². The zero-order valence-corrected chi connectivity index (χ0v) is 16.6. The lowest BCUT2D eigenvalue weighted by Crippen LogP contribution is -2.36. The van der Waals surface area contributed by atoms with Crippen molar-refractivity contribution in [1.29, 1.82) is 0 Å². The van der Waals surface area contributed by atoms with Gasteiger partial charge in [0.05, 0.1) is 35.7 Å². The quantitative estimate of drug-likeness (QED) is 0.484. The number of benzene rings is 2. The van der Waals surface area contributed by atoms with Crippen LogP contribution in [0.15, 0.2) is 53.2 Å². The molecule has 1 aromatic heterocycles. The van der Waals surface area contributed by atoms with Crippen molar-refractivity contribution >= 4 is 40.2 Å². The molecule has 1 fully saturated rings. The van der Waals surface area contributed by atoms with Crippen LogP contribution in [0.4, 0.5) is 11.4 Å². The molecule has 30 heavy (non-hydrogen) atoms. The molecule has 1 amide bonds. The van der Waals surface area contributed by atoms with E-state index >= 15 is 0 Å². The van der Waals surface area contributed by atoms with Gasteiger partial charge in [-0.3, -0.25) is 4.79 Å². The van der Waals surface area contributed by atoms with Gasteiger partial charge in [0.25, 0.3) is 5.91 Å². The first-order chi connectivity index (χ1) is 14.6. The minimum Gasteiger partial charge on any atom is -0.504 e. The molecule has 2 aliphatic heterocycles. The van der Waals surface area contributed by atoms with Gasteiger partial charge >= 0.3 is 0 Å². The number of aliphatic hydroxyl groups is 1. The molecule has 0 unspecified atom stereocenters. The highest BCUT2D eigenvalue weighted by Gasteiger charge is 2.30. The number of rotatable bonds is 3. The molecule has 5 rings (SSSR count). The first-order valence-corrected chi connectivity index (χ1v) is 9.92. The second-order valence-electron chi connectivity index (χ2n) is 7.08. The summed E-state index contributed by atoms with van der Waals surface area (Å²) in [5.74, 6) is -0.561. The molecule has 0 spiro atoms. The number of nitrogens with zero attached hydrogens (tertiary/aromatic N) is 2. The second kappa shape index (κ2) is 7.51. The molecule has 152 valence electrons. The molecule has 0 aliphatic carbocycles. The van der Waals surface area contributed by atoms with Gasteiger partial charge < -0.3 is 24.6 Å². The number of fused-ring (bicyclic) bond motifs is 1. The average Bonchev–Trinajstić information content (AvgIpc) is 3.41. The van der Waals surface area contributed by atoms with Gasteiger partial charge in [-0.05, 0) is 29.8 Å². The van der Waals surface area contributed by atoms with Gasteiger partial charge in [-0.1, -0.05) is 28.9 Å². The number of amides is 1. The van der Waals surface area contributed by atoms with Crippen molar-refractivity contribution in [3.8, 4) is 11.1 Å². The Bertz CT molecular complexity index is 1130. The first kappa shape index (κ1) is 18.7. The molecule has 3 aromatic rings. The number of halogens is 1. The summed E-state index contributed by atoms with van der Waals surface area (Å²) in [7, 11) is 0. The number of aromatic nitrogens is 1. The summed E-state index contributed by atoms with van der Waals surface area (Å²) in [4.78, 5) is 14.8. The maximum Gasteiger partial charge on any atom is 0.260 e. The number of anilines is 2. The normalized spacial score (nSPS) is 17.6. The lowest BCUT2D eigenvalue weighted by molar-refractivity contribution is -0.110. The molecular formula is C22H18ClN3O4. The number of ether oxygens (including phenoxy) is 1. The Hall–Kier alpha value is -3.29. The van der Waals surface area contributed by atoms with Crippen LogP contribution >= 0.6 is 11.6 Å². The highest BCUT2D eigenvalue weighted by molar-refractivity contribution is 6.38. The van der Waals surface area contributed by atoms with Crippen LogP contribution in [0, 0.1) is 0 Å². The fourth-order valence-corrected chi connectivity index (χ4v) is 4.05. The van der Waals surface area contributed by atoms with Gasteiger partial charge in [0.1, 0.15) is 0 Å². The summed E-state index contributed by atoms with van der Waals surface area (Å²) in [6, 6.07) is 13.1. The van der Waals surface area contributed by atoms with Crippen LogP contribution in [-0.2, 0) is 9.53 Å². The molecule has 1 saturated heterocycles. The SMILES string of the molecule is O=C1Nc2cc(Cl)c(-c3ccc(N4CCOCC4)cc3)cc2C1=C(O)c1ccno1. The van der Waals surface area contributed by atoms with Crippen LogP contribution in [0.2, 0.25) is 5.02 Å². The number of aliphatic hydroxyl groups excluding tert-OH is 1. The number of hydrogen-bond donors (Lipinski definition) is 2. The summed E-state index contributed by atoms with van der Waals surface area (Å²) in [5.41, 5.74) is 4.04. The van der Waals surface area contributed by atoms with Crippen molar-refractivity contribution in [2.24, 2.45) is 0 Å². The van der Waals surface area contributed by atoms with E-state index in [1.807, 2.05) is 12.1 Å². The van der Waals surface area contributed by atoms with Gasteiger partial charge in [-0.15, -0.1) is 0 Å². The smallest absolute Gasteiger partial charge is 0.260 e. The van der Waals surface area contributed by atoms with Crippen molar-refractivity contribution in [3.63, 3.8) is 0 Å². The molecule has 2 aliphatic rings. The molecule has 0 atom stereocenters. The van der Waals surface area contributed by atoms with E-state index in [-0.39, 0.29) is 17.1 Å². The Morgan fingerprint density at radius 3 is 2.57 bits per heavy atom. The van der Waals surface area contributed by atoms with E-state index in [2.05, 4.69) is 27.5 Å². The lowest BCUT2D eigenvalue weighted by Gasteiger charge is -2.29. The Balaban J connectivity index is 1.54. The van der Waals surface area contributed by atoms with E-state index in [0.29, 0.717) is 16.3 Å². The number of nitrogens with one attached hydrogen (secondary N) is 1. The summed E-state index contributed by atoms with van der Waals surface area (Å²) < 4.78 is 10.4. The fourth-order valence-electron chi connectivity index (χ4n) is 3.78. The van der Waals surface area contributed by atoms with Gasteiger partial charge in [-0.2, -0.15) is 0 Å². The standard InChI is InChI=1S/C22H18ClN3O4/c23-17-12-18-16(20(22(28)25-18)21(27)19-5-6-24-30-19)11-15(17)13-1-3-14(4-2-13)26-7-9-29-10-8-26/h1-6,11-12,27H,7-10H2,(H,25,28). The van der Waals surface area contributed by atoms with Crippen molar-refractivity contribution < 1.29 is 19.2 Å². The van der Waals surface area contributed by atoms with Crippen molar-refractivity contribution in [2.45, 2.75) is 0 Å². The maximum absolute atomic E-state index is 12.5. The number of hydrogen-bond acceptors (Lipinski definition) is 6. The van der Waals surface area contributed by atoms with Crippen molar-refractivity contribution in [1.82, 2.24) is 5.16 Å². The largest absolute Gasteiger partial charge is 0.504 e. The monoisotopic (exact) mass is 423 g/mol. The van der Waals surface area contributed by atoms with Crippen LogP contribution in [0.25, 0.3) is 22.5 Å². The Labute approximate surface area is 177 Å². The van der Waals surface area contributed by atoms with Crippen LogP contribution in [0.1, 0.15) is 11.3 Å².